The van der Waals surface area contributed by atoms with Crippen LogP contribution in [0.1, 0.15) is 65.2 Å². The fourth-order valence-electron chi connectivity index (χ4n) is 5.23. The molecule has 0 saturated carbocycles. The van der Waals surface area contributed by atoms with E-state index in [9.17, 15) is 4.79 Å². The molecule has 0 aliphatic carbocycles. The number of unbranched alkanes of at least 4 members (excludes halogenated alkanes) is 3. The number of ether oxygens (including phenoxy) is 1. The number of rotatable bonds is 12. The van der Waals surface area contributed by atoms with Gasteiger partial charge in [0.15, 0.2) is 0 Å². The summed E-state index contributed by atoms with van der Waals surface area (Å²) in [7, 11) is 0. The van der Waals surface area contributed by atoms with Crippen LogP contribution in [0.4, 0.5) is 0 Å². The highest BCUT2D eigenvalue weighted by Crippen LogP contribution is 2.42. The van der Waals surface area contributed by atoms with Gasteiger partial charge in [-0.2, -0.15) is 0 Å². The Morgan fingerprint density at radius 3 is 1.71 bits per heavy atom. The van der Waals surface area contributed by atoms with Gasteiger partial charge in [-0.3, -0.25) is 4.79 Å². The molecule has 2 heteroatoms. The van der Waals surface area contributed by atoms with Crippen molar-refractivity contribution in [3.63, 3.8) is 0 Å². The molecule has 0 N–H and O–H groups in total. The second-order valence-corrected chi connectivity index (χ2v) is 10.2. The maximum absolute atomic E-state index is 11.4. The van der Waals surface area contributed by atoms with Crippen molar-refractivity contribution in [2.45, 2.75) is 32.6 Å². The van der Waals surface area contributed by atoms with E-state index in [1.54, 1.807) is 0 Å². The minimum Gasteiger partial charge on any atom is -0.494 e. The van der Waals surface area contributed by atoms with Gasteiger partial charge in [0, 0.05) is 5.56 Å². The minimum absolute atomic E-state index is 0.659. The van der Waals surface area contributed by atoms with Gasteiger partial charge in [0.2, 0.25) is 0 Å². The van der Waals surface area contributed by atoms with Gasteiger partial charge in [-0.1, -0.05) is 148 Å². The Bertz CT molecular complexity index is 1530. The zero-order chi connectivity index (χ0) is 28.3. The number of aldehydes is 1. The Kier molecular flexibility index (Phi) is 9.58. The van der Waals surface area contributed by atoms with Gasteiger partial charge in [0.05, 0.1) is 6.61 Å². The number of hydrogen-bond acceptors (Lipinski definition) is 2. The van der Waals surface area contributed by atoms with Crippen molar-refractivity contribution in [2.24, 2.45) is 0 Å². The highest BCUT2D eigenvalue weighted by molar-refractivity contribution is 6.07. The maximum Gasteiger partial charge on any atom is 0.150 e. The first-order valence-electron chi connectivity index (χ1n) is 14.5. The summed E-state index contributed by atoms with van der Waals surface area (Å²) in [6.45, 7) is 2.92. The summed E-state index contributed by atoms with van der Waals surface area (Å²) in [5.74, 6) is 0.855. The highest BCUT2D eigenvalue weighted by atomic mass is 16.5. The third-order valence-electron chi connectivity index (χ3n) is 7.32. The molecule has 2 nitrogen and oxygen atoms in total. The fraction of sp³-hybridized carbons (Fsp3) is 0.154. The smallest absolute Gasteiger partial charge is 0.150 e. The molecule has 0 bridgehead atoms. The van der Waals surface area contributed by atoms with Gasteiger partial charge in [0.1, 0.15) is 12.0 Å². The molecular weight excluding hydrogens is 500 g/mol. The molecule has 0 atom stereocenters. The Morgan fingerprint density at radius 1 is 0.610 bits per heavy atom. The largest absolute Gasteiger partial charge is 0.494 e. The average molecular weight is 537 g/mol. The lowest BCUT2D eigenvalue weighted by molar-refractivity contribution is 0.112. The van der Waals surface area contributed by atoms with Crippen LogP contribution in [0.5, 0.6) is 5.75 Å². The van der Waals surface area contributed by atoms with Gasteiger partial charge >= 0.3 is 0 Å². The minimum atomic E-state index is 0.659. The lowest BCUT2D eigenvalue weighted by atomic mass is 9.83. The predicted molar refractivity (Wildman–Crippen MR) is 171 cm³/mol. The third-order valence-corrected chi connectivity index (χ3v) is 7.32. The molecule has 5 rings (SSSR count). The summed E-state index contributed by atoms with van der Waals surface area (Å²) >= 11 is 0. The molecule has 0 unspecified atom stereocenters. The van der Waals surface area contributed by atoms with Crippen molar-refractivity contribution in [1.29, 1.82) is 0 Å². The van der Waals surface area contributed by atoms with Crippen LogP contribution in [0.25, 0.3) is 22.3 Å². The number of hydrogen-bond donors (Lipinski definition) is 0. The van der Waals surface area contributed by atoms with Crippen molar-refractivity contribution in [3.05, 3.63) is 161 Å². The number of carbonyl (C=O) groups is 1. The lowest BCUT2D eigenvalue weighted by Crippen LogP contribution is -2.01. The second kappa shape index (κ2) is 14.1. The normalized spacial score (nSPS) is 10.7. The van der Waals surface area contributed by atoms with Crippen LogP contribution in [0.15, 0.2) is 133 Å². The van der Waals surface area contributed by atoms with Crippen LogP contribution in [-0.2, 0) is 0 Å². The van der Waals surface area contributed by atoms with Crippen LogP contribution >= 0.6 is 0 Å². The molecule has 0 aromatic heterocycles. The topological polar surface area (TPSA) is 26.3 Å². The predicted octanol–water partition coefficient (Wildman–Crippen LogP) is 10.1. The molecule has 0 amide bonds. The van der Waals surface area contributed by atoms with Crippen LogP contribution in [-0.4, -0.2) is 12.9 Å². The van der Waals surface area contributed by atoms with Crippen LogP contribution < -0.4 is 4.74 Å². The first-order valence-corrected chi connectivity index (χ1v) is 14.5. The third kappa shape index (κ3) is 6.91. The molecule has 41 heavy (non-hydrogen) atoms. The first kappa shape index (κ1) is 27.9. The quantitative estimate of drug-likeness (QED) is 0.0901. The summed E-state index contributed by atoms with van der Waals surface area (Å²) < 4.78 is 6.26. The van der Waals surface area contributed by atoms with E-state index in [4.69, 9.17) is 4.74 Å². The Balaban J connectivity index is 1.75. The summed E-state index contributed by atoms with van der Waals surface area (Å²) in [5.41, 5.74) is 9.61. The maximum atomic E-state index is 11.4. The molecule has 0 aliphatic heterocycles. The summed E-state index contributed by atoms with van der Waals surface area (Å²) in [6, 6.07) is 46.1. The molecule has 0 saturated heterocycles. The number of benzene rings is 5. The SMILES string of the molecule is CCCCCCOc1ccc(C(=C(c2ccccc2)c2ccccc2)c2ccccc2)c(-c2ccc(C=O)cc2)c1. The zero-order valence-electron chi connectivity index (χ0n) is 23.6. The summed E-state index contributed by atoms with van der Waals surface area (Å²) in [5, 5.41) is 0. The van der Waals surface area contributed by atoms with E-state index in [-0.39, 0.29) is 0 Å². The molecule has 0 fully saturated rings. The second-order valence-electron chi connectivity index (χ2n) is 10.2. The first-order chi connectivity index (χ1) is 20.3. The lowest BCUT2D eigenvalue weighted by Gasteiger charge is -2.21. The molecule has 5 aromatic carbocycles. The Morgan fingerprint density at radius 2 is 1.17 bits per heavy atom. The van der Waals surface area contributed by atoms with Crippen molar-refractivity contribution < 1.29 is 9.53 Å². The van der Waals surface area contributed by atoms with E-state index in [0.717, 1.165) is 63.0 Å². The molecule has 0 heterocycles. The van der Waals surface area contributed by atoms with Crippen molar-refractivity contribution in [2.75, 3.05) is 6.61 Å². The van der Waals surface area contributed by atoms with Crippen LogP contribution in [0, 0.1) is 0 Å². The molecule has 204 valence electrons. The number of carbonyl (C=O) groups excluding carboxylic acids is 1. The summed E-state index contributed by atoms with van der Waals surface area (Å²) in [6.07, 6.45) is 5.53. The molecular formula is C39H36O2. The van der Waals surface area contributed by atoms with Crippen LogP contribution in [0.3, 0.4) is 0 Å². The van der Waals surface area contributed by atoms with E-state index < -0.39 is 0 Å². The molecule has 0 aliphatic rings. The highest BCUT2D eigenvalue weighted by Gasteiger charge is 2.20. The van der Waals surface area contributed by atoms with Crippen molar-refractivity contribution in [1.82, 2.24) is 0 Å². The van der Waals surface area contributed by atoms with E-state index in [2.05, 4.69) is 116 Å². The van der Waals surface area contributed by atoms with Gasteiger partial charge in [-0.25, -0.2) is 0 Å². The Labute approximate surface area is 244 Å². The van der Waals surface area contributed by atoms with Gasteiger partial charge in [-0.05, 0) is 63.1 Å². The fourth-order valence-corrected chi connectivity index (χ4v) is 5.23. The van der Waals surface area contributed by atoms with E-state index in [1.165, 1.54) is 19.3 Å². The van der Waals surface area contributed by atoms with Gasteiger partial charge < -0.3 is 4.74 Å². The van der Waals surface area contributed by atoms with Crippen molar-refractivity contribution >= 4 is 17.4 Å². The molecule has 0 spiro atoms. The van der Waals surface area contributed by atoms with Crippen LogP contribution in [0.2, 0.25) is 0 Å². The van der Waals surface area contributed by atoms with E-state index >= 15 is 0 Å². The van der Waals surface area contributed by atoms with E-state index in [1.807, 2.05) is 24.3 Å². The van der Waals surface area contributed by atoms with Crippen molar-refractivity contribution in [3.8, 4) is 16.9 Å². The molecule has 5 aromatic rings. The standard InChI is InChI=1S/C39H36O2/c1-2-3-4-14-27-41-35-25-26-36(37(28-35)31-23-21-30(29-40)22-24-31)39(34-19-12-7-13-20-34)38(32-15-8-5-9-16-32)33-17-10-6-11-18-33/h5-13,15-26,28-29H,2-4,14,27H2,1H3. The summed E-state index contributed by atoms with van der Waals surface area (Å²) in [4.78, 5) is 11.4. The van der Waals surface area contributed by atoms with E-state index in [0.29, 0.717) is 12.2 Å². The Hall–Kier alpha value is -4.69. The van der Waals surface area contributed by atoms with Gasteiger partial charge in [-0.15, -0.1) is 0 Å². The molecule has 0 radical (unpaired) electrons. The monoisotopic (exact) mass is 536 g/mol. The average Bonchev–Trinajstić information content (AvgIpc) is 3.05. The zero-order valence-corrected chi connectivity index (χ0v) is 23.6. The van der Waals surface area contributed by atoms with Gasteiger partial charge in [0.25, 0.3) is 0 Å².